The van der Waals surface area contributed by atoms with Crippen LogP contribution in [0.25, 0.3) is 31.6 Å². The van der Waals surface area contributed by atoms with Crippen LogP contribution >= 0.6 is 22.7 Å². The fraction of sp³-hybridized carbons (Fsp3) is 0.429. The fourth-order valence-corrected chi connectivity index (χ4v) is 5.67. The molecule has 5 heterocycles. The predicted octanol–water partition coefficient (Wildman–Crippen LogP) is 4.15. The fourth-order valence-electron chi connectivity index (χ4n) is 3.65. The van der Waals surface area contributed by atoms with Crippen molar-refractivity contribution in [2.75, 3.05) is 25.5 Å². The minimum atomic E-state index is -5.08. The number of rotatable bonds is 4. The molecule has 0 aromatic carbocycles. The molecular formula is C21H23F3N8O2S2. The second-order valence-corrected chi connectivity index (χ2v) is 10.3. The van der Waals surface area contributed by atoms with Crippen LogP contribution in [0.2, 0.25) is 0 Å². The van der Waals surface area contributed by atoms with Crippen LogP contribution < -0.4 is 4.90 Å². The Labute approximate surface area is 211 Å². The molecule has 0 saturated carbocycles. The van der Waals surface area contributed by atoms with Gasteiger partial charge in [0.1, 0.15) is 0 Å². The van der Waals surface area contributed by atoms with Gasteiger partial charge in [-0.15, -0.1) is 0 Å². The van der Waals surface area contributed by atoms with Gasteiger partial charge < -0.3 is 14.9 Å². The SMILES string of the molecule is CC1CC(N(C)c2nc3sc(-c4ncc(-c5cn[nH]c5)cn4)nc3s2)CCN1C.O=C(O)C(F)(F)F. The van der Waals surface area contributed by atoms with E-state index < -0.39 is 12.1 Å². The van der Waals surface area contributed by atoms with Gasteiger partial charge in [-0.1, -0.05) is 22.7 Å². The van der Waals surface area contributed by atoms with Gasteiger partial charge in [0.15, 0.2) is 25.6 Å². The summed E-state index contributed by atoms with van der Waals surface area (Å²) in [6.45, 7) is 3.43. The Hall–Kier alpha value is -3.17. The number of nitrogens with one attached hydrogen (secondary N) is 1. The third kappa shape index (κ3) is 5.79. The number of carbonyl (C=O) groups is 1. The molecule has 4 aromatic rings. The Balaban J connectivity index is 0.000000384. The maximum atomic E-state index is 10.6. The molecule has 0 aliphatic carbocycles. The van der Waals surface area contributed by atoms with E-state index in [0.717, 1.165) is 43.9 Å². The summed E-state index contributed by atoms with van der Waals surface area (Å²) in [4.78, 5) is 34.1. The Kier molecular flexibility index (Phi) is 7.51. The van der Waals surface area contributed by atoms with Crippen molar-refractivity contribution in [3.8, 4) is 22.0 Å². The van der Waals surface area contributed by atoms with E-state index in [9.17, 15) is 13.2 Å². The van der Waals surface area contributed by atoms with Crippen LogP contribution in [0, 0.1) is 0 Å². The molecule has 0 radical (unpaired) electrons. The van der Waals surface area contributed by atoms with Crippen molar-refractivity contribution in [3.05, 3.63) is 24.8 Å². The Morgan fingerprint density at radius 3 is 2.39 bits per heavy atom. The third-order valence-electron chi connectivity index (χ3n) is 5.91. The molecular weight excluding hydrogens is 517 g/mol. The number of aromatic nitrogens is 6. The smallest absolute Gasteiger partial charge is 0.475 e. The van der Waals surface area contributed by atoms with Crippen LogP contribution in [-0.4, -0.2) is 85.0 Å². The molecule has 2 atom stereocenters. The molecule has 0 spiro atoms. The number of likely N-dealkylation sites (tertiary alicyclic amines) is 1. The molecule has 10 nitrogen and oxygen atoms in total. The molecule has 15 heteroatoms. The summed E-state index contributed by atoms with van der Waals surface area (Å²) in [5, 5.41) is 15.7. The number of aliphatic carboxylic acids is 1. The van der Waals surface area contributed by atoms with Gasteiger partial charge in [0.2, 0.25) is 0 Å². The molecule has 4 aromatic heterocycles. The number of halogens is 3. The van der Waals surface area contributed by atoms with Crippen molar-refractivity contribution in [2.24, 2.45) is 0 Å². The number of H-pyrrole nitrogens is 1. The topological polar surface area (TPSA) is 124 Å². The van der Waals surface area contributed by atoms with Crippen LogP contribution in [0.1, 0.15) is 19.8 Å². The lowest BCUT2D eigenvalue weighted by Crippen LogP contribution is -2.46. The molecule has 2 N–H and O–H groups in total. The number of fused-ring (bicyclic) bond motifs is 1. The molecule has 5 rings (SSSR count). The molecule has 36 heavy (non-hydrogen) atoms. The van der Waals surface area contributed by atoms with Crippen molar-refractivity contribution >= 4 is 43.4 Å². The zero-order chi connectivity index (χ0) is 26.0. The third-order valence-corrected chi connectivity index (χ3v) is 8.03. The number of piperidine rings is 1. The first-order valence-electron chi connectivity index (χ1n) is 10.8. The van der Waals surface area contributed by atoms with Gasteiger partial charge in [0.05, 0.1) is 6.20 Å². The van der Waals surface area contributed by atoms with Crippen LogP contribution in [-0.2, 0) is 4.79 Å². The summed E-state index contributed by atoms with van der Waals surface area (Å²) in [6, 6.07) is 1.13. The number of thiazole rings is 2. The van der Waals surface area contributed by atoms with Crippen molar-refractivity contribution in [1.82, 2.24) is 35.0 Å². The summed E-state index contributed by atoms with van der Waals surface area (Å²) >= 11 is 3.20. The van der Waals surface area contributed by atoms with E-state index in [4.69, 9.17) is 19.9 Å². The van der Waals surface area contributed by atoms with E-state index in [0.29, 0.717) is 17.9 Å². The van der Waals surface area contributed by atoms with Gasteiger partial charge in [0.25, 0.3) is 0 Å². The van der Waals surface area contributed by atoms with Gasteiger partial charge >= 0.3 is 12.1 Å². The summed E-state index contributed by atoms with van der Waals surface area (Å²) < 4.78 is 31.7. The average molecular weight is 541 g/mol. The van der Waals surface area contributed by atoms with Crippen LogP contribution in [0.3, 0.4) is 0 Å². The number of nitrogens with zero attached hydrogens (tertiary/aromatic N) is 7. The Bertz CT molecular complexity index is 1280. The molecule has 1 saturated heterocycles. The maximum Gasteiger partial charge on any atom is 0.490 e. The summed E-state index contributed by atoms with van der Waals surface area (Å²) in [5.41, 5.74) is 1.89. The first kappa shape index (κ1) is 25.9. The van der Waals surface area contributed by atoms with Gasteiger partial charge in [-0.3, -0.25) is 5.10 Å². The second-order valence-electron chi connectivity index (χ2n) is 8.33. The number of carboxylic acid groups (broad SMARTS) is 1. The summed E-state index contributed by atoms with van der Waals surface area (Å²) in [5.74, 6) is -2.13. The van der Waals surface area contributed by atoms with Crippen LogP contribution in [0.5, 0.6) is 0 Å². The quantitative estimate of drug-likeness (QED) is 0.393. The first-order valence-corrected chi connectivity index (χ1v) is 12.5. The zero-order valence-electron chi connectivity index (χ0n) is 19.5. The second kappa shape index (κ2) is 10.4. The molecule has 1 fully saturated rings. The number of aromatic amines is 1. The number of anilines is 1. The van der Waals surface area contributed by atoms with Gasteiger partial charge in [-0.25, -0.2) is 24.7 Å². The molecule has 192 valence electrons. The minimum absolute atomic E-state index is 0.528. The van der Waals surface area contributed by atoms with E-state index >= 15 is 0 Å². The largest absolute Gasteiger partial charge is 0.490 e. The van der Waals surface area contributed by atoms with E-state index in [1.165, 1.54) is 6.42 Å². The summed E-state index contributed by atoms with van der Waals surface area (Å²) in [6.07, 6.45) is 4.43. The lowest BCUT2D eigenvalue weighted by Gasteiger charge is -2.39. The molecule has 2 unspecified atom stereocenters. The van der Waals surface area contributed by atoms with E-state index in [1.54, 1.807) is 41.3 Å². The van der Waals surface area contributed by atoms with Crippen molar-refractivity contribution in [1.29, 1.82) is 0 Å². The Morgan fingerprint density at radius 2 is 1.83 bits per heavy atom. The highest BCUT2D eigenvalue weighted by molar-refractivity contribution is 7.29. The highest BCUT2D eigenvalue weighted by Crippen LogP contribution is 2.36. The molecule has 1 aliphatic rings. The molecule has 1 aliphatic heterocycles. The van der Waals surface area contributed by atoms with Crippen LogP contribution in [0.4, 0.5) is 18.3 Å². The van der Waals surface area contributed by atoms with Crippen molar-refractivity contribution < 1.29 is 23.1 Å². The summed E-state index contributed by atoms with van der Waals surface area (Å²) in [7, 11) is 4.36. The standard InChI is InChI=1S/C19H22N8S2.C2HF3O2/c1-11-6-14(4-5-26(11)2)27(3)19-25-18-17(29-19)24-16(28-18)15-20-7-12(8-21-15)13-9-22-23-10-13;3-2(4,5)1(6)7/h7-11,14H,4-6H2,1-3H3,(H,22,23);(H,6,7). The minimum Gasteiger partial charge on any atom is -0.475 e. The van der Waals surface area contributed by atoms with Gasteiger partial charge in [-0.05, 0) is 26.8 Å². The number of hydrogen-bond donors (Lipinski definition) is 2. The zero-order valence-corrected chi connectivity index (χ0v) is 21.2. The lowest BCUT2D eigenvalue weighted by atomic mass is 9.98. The van der Waals surface area contributed by atoms with Crippen LogP contribution in [0.15, 0.2) is 24.8 Å². The Morgan fingerprint density at radius 1 is 1.17 bits per heavy atom. The average Bonchev–Trinajstić information content (AvgIpc) is 3.57. The number of hydrogen-bond acceptors (Lipinski definition) is 10. The van der Waals surface area contributed by atoms with E-state index in [-0.39, 0.29) is 0 Å². The highest BCUT2D eigenvalue weighted by Gasteiger charge is 2.38. The first-order chi connectivity index (χ1) is 17.0. The predicted molar refractivity (Wildman–Crippen MR) is 131 cm³/mol. The molecule has 0 bridgehead atoms. The maximum absolute atomic E-state index is 10.6. The lowest BCUT2D eigenvalue weighted by molar-refractivity contribution is -0.192. The van der Waals surface area contributed by atoms with Crippen molar-refractivity contribution in [3.63, 3.8) is 0 Å². The van der Waals surface area contributed by atoms with Gasteiger partial charge in [0, 0.05) is 55.4 Å². The normalized spacial score (nSPS) is 18.6. The van der Waals surface area contributed by atoms with E-state index in [1.807, 2.05) is 6.20 Å². The molecule has 0 amide bonds. The number of carboxylic acids is 1. The highest BCUT2D eigenvalue weighted by atomic mass is 32.1. The number of alkyl halides is 3. The van der Waals surface area contributed by atoms with E-state index in [2.05, 4.69) is 51.0 Å². The van der Waals surface area contributed by atoms with Gasteiger partial charge in [-0.2, -0.15) is 18.3 Å². The van der Waals surface area contributed by atoms with Crippen molar-refractivity contribution in [2.45, 2.75) is 38.0 Å². The monoisotopic (exact) mass is 540 g/mol.